The molecule has 6 nitrogen and oxygen atoms in total. The molecule has 0 aliphatic heterocycles. The Morgan fingerprint density at radius 3 is 2.20 bits per heavy atom. The number of hydrogen-bond acceptors (Lipinski definition) is 4. The lowest BCUT2D eigenvalue weighted by atomic mass is 9.97. The number of carbonyl (C=O) groups is 1. The van der Waals surface area contributed by atoms with Crippen molar-refractivity contribution in [3.63, 3.8) is 0 Å². The molecule has 0 saturated carbocycles. The lowest BCUT2D eigenvalue weighted by Crippen LogP contribution is -2.32. The summed E-state index contributed by atoms with van der Waals surface area (Å²) in [6, 6.07) is 9.79. The molecular formula is C27H18F7N5O. The fourth-order valence-corrected chi connectivity index (χ4v) is 4.52. The van der Waals surface area contributed by atoms with Gasteiger partial charge in [-0.25, -0.2) is 4.39 Å². The molecule has 2 aromatic carbocycles. The summed E-state index contributed by atoms with van der Waals surface area (Å²) in [4.78, 5) is 19.5. The van der Waals surface area contributed by atoms with Gasteiger partial charge >= 0.3 is 12.4 Å². The van der Waals surface area contributed by atoms with Gasteiger partial charge in [-0.3, -0.25) is 14.2 Å². The molecule has 0 atom stereocenters. The zero-order chi connectivity index (χ0) is 28.8. The van der Waals surface area contributed by atoms with Gasteiger partial charge in [-0.05, 0) is 54.4 Å². The van der Waals surface area contributed by atoms with Crippen molar-refractivity contribution >= 4 is 22.5 Å². The van der Waals surface area contributed by atoms with Gasteiger partial charge in [0.15, 0.2) is 5.65 Å². The maximum Gasteiger partial charge on any atom is 0.416 e. The topological polar surface area (TPSA) is 63.4 Å². The third-order valence-corrected chi connectivity index (χ3v) is 6.34. The monoisotopic (exact) mass is 561 g/mol. The minimum atomic E-state index is -5.03. The van der Waals surface area contributed by atoms with Crippen molar-refractivity contribution in [2.45, 2.75) is 25.8 Å². The van der Waals surface area contributed by atoms with Crippen LogP contribution in [0.5, 0.6) is 0 Å². The SMILES string of the molecule is CCN(Cc1cc(C(F)(F)F)cc(C(F)(F)F)c1)C(=O)c1c(-c2ccc(F)cc2)c2cccnc2c2nncn12. The average Bonchev–Trinajstić information content (AvgIpc) is 3.40. The quantitative estimate of drug-likeness (QED) is 0.222. The van der Waals surface area contributed by atoms with Crippen LogP contribution in [-0.2, 0) is 18.9 Å². The Kier molecular flexibility index (Phi) is 6.68. The summed E-state index contributed by atoms with van der Waals surface area (Å²) in [5.41, 5.74) is -2.01. The molecule has 0 fully saturated rings. The van der Waals surface area contributed by atoms with Crippen LogP contribution < -0.4 is 0 Å². The maximum atomic E-state index is 14.1. The summed E-state index contributed by atoms with van der Waals surface area (Å²) in [6.45, 7) is 0.924. The second-order valence-electron chi connectivity index (χ2n) is 8.89. The molecule has 1 amide bonds. The van der Waals surface area contributed by atoms with Crippen LogP contribution >= 0.6 is 0 Å². The van der Waals surface area contributed by atoms with Gasteiger partial charge in [-0.1, -0.05) is 18.2 Å². The van der Waals surface area contributed by atoms with E-state index < -0.39 is 41.7 Å². The molecule has 13 heteroatoms. The van der Waals surface area contributed by atoms with Crippen molar-refractivity contribution in [3.05, 3.63) is 95.3 Å². The number of pyridine rings is 2. The molecule has 0 bridgehead atoms. The zero-order valence-corrected chi connectivity index (χ0v) is 20.6. The van der Waals surface area contributed by atoms with Crippen molar-refractivity contribution in [1.82, 2.24) is 24.5 Å². The summed E-state index contributed by atoms with van der Waals surface area (Å²) in [5.74, 6) is -1.24. The summed E-state index contributed by atoms with van der Waals surface area (Å²) in [5, 5.41) is 8.40. The van der Waals surface area contributed by atoms with Crippen molar-refractivity contribution < 1.29 is 35.5 Å². The lowest BCUT2D eigenvalue weighted by Gasteiger charge is -2.25. The molecular weight excluding hydrogens is 543 g/mol. The van der Waals surface area contributed by atoms with Gasteiger partial charge in [0.25, 0.3) is 5.91 Å². The Bertz CT molecular complexity index is 1690. The molecule has 0 saturated heterocycles. The van der Waals surface area contributed by atoms with E-state index in [4.69, 9.17) is 0 Å². The summed E-state index contributed by atoms with van der Waals surface area (Å²) in [7, 11) is 0. The number of amides is 1. The molecule has 0 radical (unpaired) electrons. The smallest absolute Gasteiger partial charge is 0.333 e. The number of nitrogens with zero attached hydrogens (tertiary/aromatic N) is 5. The first-order valence-electron chi connectivity index (χ1n) is 11.8. The van der Waals surface area contributed by atoms with Crippen LogP contribution in [0.15, 0.2) is 67.1 Å². The van der Waals surface area contributed by atoms with E-state index in [9.17, 15) is 35.5 Å². The van der Waals surface area contributed by atoms with Crippen molar-refractivity contribution in [2.24, 2.45) is 0 Å². The van der Waals surface area contributed by atoms with Gasteiger partial charge in [-0.2, -0.15) is 26.3 Å². The fraction of sp³-hybridized carbons (Fsp3) is 0.185. The molecule has 0 aliphatic carbocycles. The Morgan fingerprint density at radius 2 is 1.60 bits per heavy atom. The van der Waals surface area contributed by atoms with Crippen molar-refractivity contribution in [1.29, 1.82) is 0 Å². The van der Waals surface area contributed by atoms with Crippen LogP contribution in [0.4, 0.5) is 30.7 Å². The molecule has 0 unspecified atom stereocenters. The van der Waals surface area contributed by atoms with Gasteiger partial charge < -0.3 is 4.90 Å². The molecule has 5 rings (SSSR count). The van der Waals surface area contributed by atoms with Gasteiger partial charge in [0, 0.05) is 30.2 Å². The van der Waals surface area contributed by atoms with Gasteiger partial charge in [0.2, 0.25) is 0 Å². The van der Waals surface area contributed by atoms with E-state index in [2.05, 4.69) is 15.2 Å². The Labute approximate surface area is 221 Å². The Morgan fingerprint density at radius 1 is 0.950 bits per heavy atom. The number of halogens is 7. The summed E-state index contributed by atoms with van der Waals surface area (Å²) in [6.07, 6.45) is -7.31. The van der Waals surface area contributed by atoms with E-state index in [0.717, 1.165) is 4.90 Å². The minimum absolute atomic E-state index is 0.0167. The molecule has 206 valence electrons. The lowest BCUT2D eigenvalue weighted by molar-refractivity contribution is -0.143. The number of hydrogen-bond donors (Lipinski definition) is 0. The Balaban J connectivity index is 1.69. The van der Waals surface area contributed by atoms with E-state index in [1.54, 1.807) is 19.1 Å². The van der Waals surface area contributed by atoms with E-state index in [-0.39, 0.29) is 29.5 Å². The molecule has 3 aromatic heterocycles. The largest absolute Gasteiger partial charge is 0.416 e. The average molecular weight is 561 g/mol. The van der Waals surface area contributed by atoms with E-state index in [0.29, 0.717) is 34.2 Å². The van der Waals surface area contributed by atoms with Crippen LogP contribution in [0.3, 0.4) is 0 Å². The van der Waals surface area contributed by atoms with E-state index >= 15 is 0 Å². The molecule has 3 heterocycles. The standard InChI is InChI=1S/C27H18F7N5O/c1-2-38(13-15-10-17(26(29,30)31)12-18(11-15)27(32,33)34)25(40)23-21(16-5-7-19(28)8-6-16)20-4-3-9-35-22(20)24-37-36-14-39(23)24/h3-12,14H,2,13H2,1H3. The third kappa shape index (κ3) is 4.94. The number of carbonyl (C=O) groups excluding carboxylic acids is 1. The van der Waals surface area contributed by atoms with Crippen LogP contribution in [0.1, 0.15) is 34.1 Å². The van der Waals surface area contributed by atoms with Crippen molar-refractivity contribution in [3.8, 4) is 11.1 Å². The fourth-order valence-electron chi connectivity index (χ4n) is 4.52. The molecule has 0 spiro atoms. The summed E-state index contributed by atoms with van der Waals surface area (Å²) < 4.78 is 95.7. The second-order valence-corrected chi connectivity index (χ2v) is 8.89. The van der Waals surface area contributed by atoms with Crippen molar-refractivity contribution in [2.75, 3.05) is 6.54 Å². The molecule has 5 aromatic rings. The number of alkyl halides is 6. The molecule has 40 heavy (non-hydrogen) atoms. The predicted octanol–water partition coefficient (Wildman–Crippen LogP) is 6.78. The maximum absolute atomic E-state index is 14.1. The normalized spacial score (nSPS) is 12.3. The second kappa shape index (κ2) is 9.88. The predicted molar refractivity (Wildman–Crippen MR) is 131 cm³/mol. The third-order valence-electron chi connectivity index (χ3n) is 6.34. The van der Waals surface area contributed by atoms with Crippen LogP contribution in [-0.4, -0.2) is 36.9 Å². The highest BCUT2D eigenvalue weighted by molar-refractivity contribution is 6.11. The highest BCUT2D eigenvalue weighted by Gasteiger charge is 2.37. The Hall–Kier alpha value is -4.55. The van der Waals surface area contributed by atoms with Gasteiger partial charge in [-0.15, -0.1) is 10.2 Å². The highest BCUT2D eigenvalue weighted by atomic mass is 19.4. The van der Waals surface area contributed by atoms with E-state index in [1.807, 2.05) is 0 Å². The van der Waals surface area contributed by atoms with Crippen LogP contribution in [0.25, 0.3) is 27.7 Å². The van der Waals surface area contributed by atoms with Crippen LogP contribution in [0.2, 0.25) is 0 Å². The minimum Gasteiger partial charge on any atom is -0.333 e. The molecule has 0 aliphatic rings. The summed E-state index contributed by atoms with van der Waals surface area (Å²) >= 11 is 0. The number of aromatic nitrogens is 4. The first kappa shape index (κ1) is 27.0. The number of fused-ring (bicyclic) bond motifs is 3. The van der Waals surface area contributed by atoms with Gasteiger partial charge in [0.05, 0.1) is 11.1 Å². The van der Waals surface area contributed by atoms with Gasteiger partial charge in [0.1, 0.15) is 23.4 Å². The first-order valence-corrected chi connectivity index (χ1v) is 11.8. The number of benzene rings is 2. The highest BCUT2D eigenvalue weighted by Crippen LogP contribution is 2.38. The molecule has 0 N–H and O–H groups in total. The number of rotatable bonds is 5. The first-order chi connectivity index (χ1) is 18.9. The zero-order valence-electron chi connectivity index (χ0n) is 20.6. The van der Waals surface area contributed by atoms with Crippen LogP contribution in [0, 0.1) is 5.82 Å². The van der Waals surface area contributed by atoms with E-state index in [1.165, 1.54) is 41.2 Å².